The first-order valence-corrected chi connectivity index (χ1v) is 7.68. The van der Waals surface area contributed by atoms with Gasteiger partial charge in [0.15, 0.2) is 5.65 Å². The molecule has 3 rings (SSSR count). The average molecular weight is 320 g/mol. The summed E-state index contributed by atoms with van der Waals surface area (Å²) in [6.45, 7) is 4.06. The van der Waals surface area contributed by atoms with Crippen molar-refractivity contribution in [2.24, 2.45) is 0 Å². The second-order valence-corrected chi connectivity index (χ2v) is 5.70. The van der Waals surface area contributed by atoms with E-state index in [0.717, 1.165) is 33.3 Å². The Morgan fingerprint density at radius 1 is 1.14 bits per heavy atom. The summed E-state index contributed by atoms with van der Waals surface area (Å²) in [7, 11) is 0. The van der Waals surface area contributed by atoms with E-state index < -0.39 is 0 Å². The molecule has 2 heterocycles. The molecule has 1 aromatic carbocycles. The van der Waals surface area contributed by atoms with Crippen molar-refractivity contribution in [3.05, 3.63) is 58.5 Å². The van der Waals surface area contributed by atoms with E-state index in [0.29, 0.717) is 5.88 Å². The van der Waals surface area contributed by atoms with E-state index in [1.807, 2.05) is 43.3 Å². The molecule has 0 amide bonds. The van der Waals surface area contributed by atoms with Crippen LogP contribution in [0, 0.1) is 6.92 Å². The molecule has 108 valence electrons. The molecule has 1 unspecified atom stereocenters. The van der Waals surface area contributed by atoms with E-state index in [1.54, 1.807) is 0 Å². The van der Waals surface area contributed by atoms with Crippen LogP contribution in [0.3, 0.4) is 0 Å². The topological polar surface area (TPSA) is 30.7 Å². The van der Waals surface area contributed by atoms with Crippen LogP contribution >= 0.6 is 23.2 Å². The van der Waals surface area contributed by atoms with Crippen LogP contribution in [0.1, 0.15) is 30.0 Å². The number of aromatic nitrogens is 3. The fourth-order valence-electron chi connectivity index (χ4n) is 2.57. The van der Waals surface area contributed by atoms with Gasteiger partial charge in [-0.15, -0.1) is 11.6 Å². The number of nitrogens with zero attached hydrogens (tertiary/aromatic N) is 3. The minimum atomic E-state index is 0.0201. The van der Waals surface area contributed by atoms with Crippen molar-refractivity contribution < 1.29 is 0 Å². The maximum atomic E-state index is 6.33. The Bertz CT molecular complexity index is 795. The van der Waals surface area contributed by atoms with E-state index in [4.69, 9.17) is 23.2 Å². The number of hydrogen-bond donors (Lipinski definition) is 0. The first kappa shape index (κ1) is 14.4. The van der Waals surface area contributed by atoms with Crippen molar-refractivity contribution in [3.8, 4) is 0 Å². The van der Waals surface area contributed by atoms with Gasteiger partial charge in [-0.1, -0.05) is 29.8 Å². The predicted molar refractivity (Wildman–Crippen MR) is 87.1 cm³/mol. The maximum absolute atomic E-state index is 6.33. The Morgan fingerprint density at radius 2 is 1.90 bits per heavy atom. The zero-order valence-corrected chi connectivity index (χ0v) is 13.4. The number of rotatable bonds is 3. The number of alkyl halides is 1. The molecule has 0 bridgehead atoms. The summed E-state index contributed by atoms with van der Waals surface area (Å²) in [6.07, 6.45) is 0. The van der Waals surface area contributed by atoms with Crippen molar-refractivity contribution in [2.45, 2.75) is 25.8 Å². The number of fused-ring (bicyclic) bond motifs is 1. The van der Waals surface area contributed by atoms with Crippen LogP contribution in [0.4, 0.5) is 0 Å². The average Bonchev–Trinajstić information content (AvgIpc) is 2.84. The van der Waals surface area contributed by atoms with Gasteiger partial charge in [0, 0.05) is 10.7 Å². The molecule has 0 N–H and O–H groups in total. The van der Waals surface area contributed by atoms with Crippen LogP contribution in [0.25, 0.3) is 11.2 Å². The molecular weight excluding hydrogens is 305 g/mol. The zero-order chi connectivity index (χ0) is 15.0. The first-order valence-electron chi connectivity index (χ1n) is 6.76. The van der Waals surface area contributed by atoms with E-state index in [1.165, 1.54) is 0 Å². The van der Waals surface area contributed by atoms with Gasteiger partial charge >= 0.3 is 0 Å². The lowest BCUT2D eigenvalue weighted by Crippen LogP contribution is -2.11. The molecule has 3 aromatic rings. The van der Waals surface area contributed by atoms with Gasteiger partial charge in [0.2, 0.25) is 0 Å². The first-order chi connectivity index (χ1) is 10.1. The number of hydrogen-bond acceptors (Lipinski definition) is 2. The van der Waals surface area contributed by atoms with E-state index >= 15 is 0 Å². The third-order valence-electron chi connectivity index (χ3n) is 3.61. The SMILES string of the molecule is Cc1ccc2nc(CCl)n(C(C)c3ccccc3Cl)c2n1. The fourth-order valence-corrected chi connectivity index (χ4v) is 3.05. The Labute approximate surface area is 133 Å². The molecule has 21 heavy (non-hydrogen) atoms. The number of imidazole rings is 1. The van der Waals surface area contributed by atoms with Gasteiger partial charge in [-0.25, -0.2) is 9.97 Å². The van der Waals surface area contributed by atoms with Crippen LogP contribution in [0.2, 0.25) is 5.02 Å². The quantitative estimate of drug-likeness (QED) is 0.653. The van der Waals surface area contributed by atoms with Gasteiger partial charge in [0.05, 0.1) is 11.9 Å². The van der Waals surface area contributed by atoms with Crippen LogP contribution in [0.5, 0.6) is 0 Å². The molecule has 0 fully saturated rings. The normalized spacial score (nSPS) is 12.8. The van der Waals surface area contributed by atoms with Gasteiger partial charge < -0.3 is 4.57 Å². The van der Waals surface area contributed by atoms with Crippen molar-refractivity contribution in [2.75, 3.05) is 0 Å². The highest BCUT2D eigenvalue weighted by molar-refractivity contribution is 6.31. The monoisotopic (exact) mass is 319 g/mol. The molecule has 2 aromatic heterocycles. The standard InChI is InChI=1S/C16H15Cl2N3/c1-10-7-8-14-16(19-10)21(15(9-17)20-14)11(2)12-5-3-4-6-13(12)18/h3-8,11H,9H2,1-2H3. The number of halogens is 2. The largest absolute Gasteiger partial charge is 0.304 e. The number of aryl methyl sites for hydroxylation is 1. The second kappa shape index (κ2) is 5.66. The van der Waals surface area contributed by atoms with Crippen LogP contribution in [-0.4, -0.2) is 14.5 Å². The molecular formula is C16H15Cl2N3. The van der Waals surface area contributed by atoms with Crippen LogP contribution in [0.15, 0.2) is 36.4 Å². The second-order valence-electron chi connectivity index (χ2n) is 5.02. The van der Waals surface area contributed by atoms with E-state index in [9.17, 15) is 0 Å². The lowest BCUT2D eigenvalue weighted by Gasteiger charge is -2.18. The molecule has 5 heteroatoms. The van der Waals surface area contributed by atoms with Crippen molar-refractivity contribution in [3.63, 3.8) is 0 Å². The van der Waals surface area contributed by atoms with Gasteiger partial charge in [0.25, 0.3) is 0 Å². The molecule has 1 atom stereocenters. The van der Waals surface area contributed by atoms with Gasteiger partial charge in [-0.05, 0) is 37.6 Å². The summed E-state index contributed by atoms with van der Waals surface area (Å²) >= 11 is 12.4. The highest BCUT2D eigenvalue weighted by atomic mass is 35.5. The Hall–Kier alpha value is -1.58. The minimum Gasteiger partial charge on any atom is -0.304 e. The van der Waals surface area contributed by atoms with Crippen molar-refractivity contribution in [1.82, 2.24) is 14.5 Å². The van der Waals surface area contributed by atoms with E-state index in [-0.39, 0.29) is 6.04 Å². The molecule has 0 saturated heterocycles. The number of benzene rings is 1. The summed E-state index contributed by atoms with van der Waals surface area (Å²) in [5.41, 5.74) is 3.69. The van der Waals surface area contributed by atoms with Gasteiger partial charge in [0.1, 0.15) is 11.3 Å². The smallest absolute Gasteiger partial charge is 0.160 e. The Kier molecular flexibility index (Phi) is 3.87. The maximum Gasteiger partial charge on any atom is 0.160 e. The minimum absolute atomic E-state index is 0.0201. The molecule has 0 aliphatic rings. The highest BCUT2D eigenvalue weighted by Crippen LogP contribution is 2.30. The van der Waals surface area contributed by atoms with Crippen molar-refractivity contribution in [1.29, 1.82) is 0 Å². The summed E-state index contributed by atoms with van der Waals surface area (Å²) in [5.74, 6) is 1.14. The third kappa shape index (κ3) is 2.52. The van der Waals surface area contributed by atoms with Crippen LogP contribution < -0.4 is 0 Å². The fraction of sp³-hybridized carbons (Fsp3) is 0.250. The molecule has 3 nitrogen and oxygen atoms in total. The molecule has 0 aliphatic heterocycles. The summed E-state index contributed by atoms with van der Waals surface area (Å²) in [5, 5.41) is 0.736. The zero-order valence-electron chi connectivity index (χ0n) is 11.8. The molecule has 0 saturated carbocycles. The summed E-state index contributed by atoms with van der Waals surface area (Å²) in [6, 6.07) is 11.8. The van der Waals surface area contributed by atoms with E-state index in [2.05, 4.69) is 21.5 Å². The lowest BCUT2D eigenvalue weighted by atomic mass is 10.1. The molecule has 0 aliphatic carbocycles. The Balaban J connectivity index is 2.23. The van der Waals surface area contributed by atoms with Gasteiger partial charge in [-0.3, -0.25) is 0 Å². The van der Waals surface area contributed by atoms with Crippen LogP contribution in [-0.2, 0) is 5.88 Å². The van der Waals surface area contributed by atoms with Gasteiger partial charge in [-0.2, -0.15) is 0 Å². The predicted octanol–water partition coefficient (Wildman–Crippen LogP) is 4.74. The number of pyridine rings is 1. The Morgan fingerprint density at radius 3 is 2.62 bits per heavy atom. The molecule has 0 spiro atoms. The third-order valence-corrected chi connectivity index (χ3v) is 4.19. The highest BCUT2D eigenvalue weighted by Gasteiger charge is 2.19. The lowest BCUT2D eigenvalue weighted by molar-refractivity contribution is 0.628. The summed E-state index contributed by atoms with van der Waals surface area (Å²) in [4.78, 5) is 9.19. The summed E-state index contributed by atoms with van der Waals surface area (Å²) < 4.78 is 2.07. The molecule has 0 radical (unpaired) electrons. The van der Waals surface area contributed by atoms with Crippen molar-refractivity contribution >= 4 is 34.4 Å².